The molecule has 0 aromatic rings. The molecule has 0 heterocycles. The fourth-order valence-corrected chi connectivity index (χ4v) is 1.88. The number of hydrogen-bond donors (Lipinski definition) is 3. The fraction of sp³-hybridized carbons (Fsp3) is 0.900. The second-order valence-corrected chi connectivity index (χ2v) is 3.88. The van der Waals surface area contributed by atoms with Crippen LogP contribution in [0.2, 0.25) is 0 Å². The second kappa shape index (κ2) is 6.05. The van der Waals surface area contributed by atoms with Gasteiger partial charge in [0.15, 0.2) is 0 Å². The molecule has 0 unspecified atom stereocenters. The predicted octanol–water partition coefficient (Wildman–Crippen LogP) is -0.729. The molecule has 0 radical (unpaired) electrons. The van der Waals surface area contributed by atoms with Gasteiger partial charge in [0.05, 0.1) is 6.10 Å². The molecule has 1 fully saturated rings. The molecule has 88 valence electrons. The molecule has 3 N–H and O–H groups in total. The summed E-state index contributed by atoms with van der Waals surface area (Å²) in [5, 5.41) is 21.2. The van der Waals surface area contributed by atoms with Crippen LogP contribution in [0, 0.1) is 5.92 Å². The maximum absolute atomic E-state index is 11.3. The van der Waals surface area contributed by atoms with E-state index in [4.69, 9.17) is 9.84 Å². The first-order valence-electron chi connectivity index (χ1n) is 5.33. The number of amides is 1. The molecule has 0 saturated heterocycles. The average molecular weight is 217 g/mol. The van der Waals surface area contributed by atoms with E-state index in [1.165, 1.54) is 0 Å². The minimum atomic E-state index is -0.507. The van der Waals surface area contributed by atoms with Crippen molar-refractivity contribution in [1.82, 2.24) is 5.32 Å². The zero-order valence-corrected chi connectivity index (χ0v) is 8.98. The third kappa shape index (κ3) is 3.77. The maximum atomic E-state index is 11.3. The Morgan fingerprint density at radius 2 is 2.27 bits per heavy atom. The molecule has 0 aliphatic heterocycles. The Labute approximate surface area is 89.4 Å². The van der Waals surface area contributed by atoms with Gasteiger partial charge < -0.3 is 20.3 Å². The van der Waals surface area contributed by atoms with Gasteiger partial charge in [0.2, 0.25) is 5.91 Å². The molecular formula is C10H19NO4. The van der Waals surface area contributed by atoms with E-state index in [1.54, 1.807) is 0 Å². The normalized spacial score (nSPS) is 30.5. The first-order valence-corrected chi connectivity index (χ1v) is 5.33. The standard InChI is InChI=1S/C10H19NO4/c1-2-15-6-10(14)11-8-3-7(5-12)9(13)4-8/h7-9,12-13H,2-6H2,1H3,(H,11,14)/t7-,8-,9-/m1/s1. The van der Waals surface area contributed by atoms with Crippen LogP contribution in [0.1, 0.15) is 19.8 Å². The quantitative estimate of drug-likeness (QED) is 0.567. The summed E-state index contributed by atoms with van der Waals surface area (Å²) in [5.41, 5.74) is 0. The Kier molecular flexibility index (Phi) is 5.01. The lowest BCUT2D eigenvalue weighted by Crippen LogP contribution is -2.36. The summed E-state index contributed by atoms with van der Waals surface area (Å²) in [7, 11) is 0. The number of carbonyl (C=O) groups is 1. The van der Waals surface area contributed by atoms with Crippen LogP contribution in [0.5, 0.6) is 0 Å². The van der Waals surface area contributed by atoms with Gasteiger partial charge in [-0.15, -0.1) is 0 Å². The molecular weight excluding hydrogens is 198 g/mol. The van der Waals surface area contributed by atoms with E-state index in [9.17, 15) is 9.90 Å². The van der Waals surface area contributed by atoms with Crippen LogP contribution in [0.4, 0.5) is 0 Å². The molecule has 5 heteroatoms. The first kappa shape index (κ1) is 12.4. The Balaban J connectivity index is 2.25. The van der Waals surface area contributed by atoms with Gasteiger partial charge in [-0.05, 0) is 19.8 Å². The van der Waals surface area contributed by atoms with Gasteiger partial charge in [-0.25, -0.2) is 0 Å². The van der Waals surface area contributed by atoms with E-state index in [-0.39, 0.29) is 31.1 Å². The van der Waals surface area contributed by atoms with Gasteiger partial charge >= 0.3 is 0 Å². The highest BCUT2D eigenvalue weighted by atomic mass is 16.5. The molecule has 15 heavy (non-hydrogen) atoms. The predicted molar refractivity (Wildman–Crippen MR) is 54.2 cm³/mol. The van der Waals surface area contributed by atoms with Crippen LogP contribution in [-0.4, -0.2) is 48.1 Å². The Hall–Kier alpha value is -0.650. The zero-order valence-electron chi connectivity index (χ0n) is 8.98. The van der Waals surface area contributed by atoms with Crippen molar-refractivity contribution in [3.05, 3.63) is 0 Å². The van der Waals surface area contributed by atoms with Gasteiger partial charge in [0, 0.05) is 25.2 Å². The van der Waals surface area contributed by atoms with Crippen LogP contribution >= 0.6 is 0 Å². The Morgan fingerprint density at radius 1 is 1.53 bits per heavy atom. The van der Waals surface area contributed by atoms with E-state index in [0.717, 1.165) is 0 Å². The van der Waals surface area contributed by atoms with Gasteiger partial charge in [-0.3, -0.25) is 4.79 Å². The largest absolute Gasteiger partial charge is 0.396 e. The highest BCUT2D eigenvalue weighted by Crippen LogP contribution is 2.25. The van der Waals surface area contributed by atoms with Gasteiger partial charge in [0.1, 0.15) is 6.61 Å². The van der Waals surface area contributed by atoms with Crippen molar-refractivity contribution in [3.63, 3.8) is 0 Å². The van der Waals surface area contributed by atoms with Gasteiger partial charge in [-0.2, -0.15) is 0 Å². The highest BCUT2D eigenvalue weighted by Gasteiger charge is 2.32. The van der Waals surface area contributed by atoms with Crippen molar-refractivity contribution in [2.75, 3.05) is 19.8 Å². The van der Waals surface area contributed by atoms with E-state index >= 15 is 0 Å². The lowest BCUT2D eigenvalue weighted by atomic mass is 10.1. The highest BCUT2D eigenvalue weighted by molar-refractivity contribution is 5.77. The topological polar surface area (TPSA) is 78.8 Å². The summed E-state index contributed by atoms with van der Waals surface area (Å²) < 4.78 is 4.96. The molecule has 1 saturated carbocycles. The fourth-order valence-electron chi connectivity index (χ4n) is 1.88. The third-order valence-electron chi connectivity index (χ3n) is 2.69. The lowest BCUT2D eigenvalue weighted by Gasteiger charge is -2.12. The average Bonchev–Trinajstić information content (AvgIpc) is 2.55. The van der Waals surface area contributed by atoms with Crippen LogP contribution < -0.4 is 5.32 Å². The van der Waals surface area contributed by atoms with Crippen molar-refractivity contribution in [1.29, 1.82) is 0 Å². The summed E-state index contributed by atoms with van der Waals surface area (Å²) in [6.07, 6.45) is 0.644. The maximum Gasteiger partial charge on any atom is 0.246 e. The third-order valence-corrected chi connectivity index (χ3v) is 2.69. The number of rotatable bonds is 5. The molecule has 0 spiro atoms. The van der Waals surface area contributed by atoms with E-state index in [0.29, 0.717) is 19.4 Å². The summed E-state index contributed by atoms with van der Waals surface area (Å²) in [6, 6.07) is -0.0369. The summed E-state index contributed by atoms with van der Waals surface area (Å²) in [6.45, 7) is 2.38. The van der Waals surface area contributed by atoms with Crippen LogP contribution in [0.3, 0.4) is 0 Å². The minimum Gasteiger partial charge on any atom is -0.396 e. The molecule has 0 bridgehead atoms. The molecule has 1 amide bonds. The summed E-state index contributed by atoms with van der Waals surface area (Å²) >= 11 is 0. The summed E-state index contributed by atoms with van der Waals surface area (Å²) in [5.74, 6) is -0.268. The number of hydrogen-bond acceptors (Lipinski definition) is 4. The molecule has 3 atom stereocenters. The molecule has 1 aliphatic rings. The van der Waals surface area contributed by atoms with E-state index in [1.807, 2.05) is 6.92 Å². The number of carbonyl (C=O) groups excluding carboxylic acids is 1. The molecule has 5 nitrogen and oxygen atoms in total. The second-order valence-electron chi connectivity index (χ2n) is 3.88. The van der Waals surface area contributed by atoms with Gasteiger partial charge in [-0.1, -0.05) is 0 Å². The van der Waals surface area contributed by atoms with Gasteiger partial charge in [0.25, 0.3) is 0 Å². The zero-order chi connectivity index (χ0) is 11.3. The van der Waals surface area contributed by atoms with Crippen molar-refractivity contribution >= 4 is 5.91 Å². The van der Waals surface area contributed by atoms with E-state index in [2.05, 4.69) is 5.32 Å². The molecule has 0 aromatic carbocycles. The SMILES string of the molecule is CCOCC(=O)N[C@@H]1C[C@H](CO)[C@H](O)C1. The van der Waals surface area contributed by atoms with Crippen molar-refractivity contribution in [3.8, 4) is 0 Å². The summed E-state index contributed by atoms with van der Waals surface area (Å²) in [4.78, 5) is 11.3. The smallest absolute Gasteiger partial charge is 0.246 e. The Bertz CT molecular complexity index is 210. The minimum absolute atomic E-state index is 0.0288. The van der Waals surface area contributed by atoms with Crippen molar-refractivity contribution in [2.45, 2.75) is 31.9 Å². The number of aliphatic hydroxyl groups is 2. The molecule has 0 aromatic heterocycles. The first-order chi connectivity index (χ1) is 7.17. The van der Waals surface area contributed by atoms with Crippen LogP contribution in [0.25, 0.3) is 0 Å². The Morgan fingerprint density at radius 3 is 2.80 bits per heavy atom. The van der Waals surface area contributed by atoms with Crippen molar-refractivity contribution < 1.29 is 19.7 Å². The van der Waals surface area contributed by atoms with Crippen LogP contribution in [-0.2, 0) is 9.53 Å². The lowest BCUT2D eigenvalue weighted by molar-refractivity contribution is -0.126. The monoisotopic (exact) mass is 217 g/mol. The van der Waals surface area contributed by atoms with Crippen molar-refractivity contribution in [2.24, 2.45) is 5.92 Å². The van der Waals surface area contributed by atoms with E-state index < -0.39 is 6.10 Å². The molecule has 1 aliphatic carbocycles. The number of aliphatic hydroxyl groups excluding tert-OH is 2. The number of ether oxygens (including phenoxy) is 1. The molecule has 1 rings (SSSR count). The number of nitrogens with one attached hydrogen (secondary N) is 1. The van der Waals surface area contributed by atoms with Crippen LogP contribution in [0.15, 0.2) is 0 Å².